The van der Waals surface area contributed by atoms with Crippen LogP contribution in [0.4, 0.5) is 10.1 Å². The molecular formula is C26H21FN2O4. The Morgan fingerprint density at radius 3 is 2.15 bits per heavy atom. The van der Waals surface area contributed by atoms with Crippen LogP contribution < -0.4 is 10.2 Å². The Morgan fingerprint density at radius 1 is 0.909 bits per heavy atom. The minimum Gasteiger partial charge on any atom is -0.467 e. The molecule has 2 fully saturated rings. The number of fused-ring (bicyclic) bond motifs is 1. The topological polar surface area (TPSA) is 75.7 Å². The van der Waals surface area contributed by atoms with Crippen LogP contribution >= 0.6 is 0 Å². The second kappa shape index (κ2) is 7.94. The fourth-order valence-corrected chi connectivity index (χ4v) is 5.17. The second-order valence-electron chi connectivity index (χ2n) is 8.16. The molecule has 2 heterocycles. The van der Waals surface area contributed by atoms with Gasteiger partial charge in [-0.25, -0.2) is 14.1 Å². The Hall–Kier alpha value is -3.84. The summed E-state index contributed by atoms with van der Waals surface area (Å²) in [5, 5.41) is 3.18. The van der Waals surface area contributed by atoms with Crippen molar-refractivity contribution in [2.45, 2.75) is 11.6 Å². The van der Waals surface area contributed by atoms with E-state index in [1.165, 1.54) is 13.2 Å². The van der Waals surface area contributed by atoms with E-state index in [4.69, 9.17) is 4.74 Å². The number of amides is 2. The van der Waals surface area contributed by atoms with Gasteiger partial charge >= 0.3 is 5.97 Å². The van der Waals surface area contributed by atoms with E-state index in [0.29, 0.717) is 11.3 Å². The number of carbonyl (C=O) groups is 3. The Labute approximate surface area is 190 Å². The number of ether oxygens (including phenoxy) is 1. The van der Waals surface area contributed by atoms with Crippen molar-refractivity contribution >= 4 is 23.5 Å². The Morgan fingerprint density at radius 2 is 1.52 bits per heavy atom. The number of rotatable bonds is 4. The molecule has 3 aromatic rings. The van der Waals surface area contributed by atoms with E-state index in [9.17, 15) is 18.8 Å². The number of anilines is 1. The van der Waals surface area contributed by atoms with Gasteiger partial charge in [0, 0.05) is 11.6 Å². The van der Waals surface area contributed by atoms with Gasteiger partial charge in [0.2, 0.25) is 11.8 Å². The first kappa shape index (κ1) is 21.0. The van der Waals surface area contributed by atoms with E-state index in [-0.39, 0.29) is 5.56 Å². The minimum atomic E-state index is -1.66. The molecule has 7 heteroatoms. The molecular weight excluding hydrogens is 423 g/mol. The number of halogens is 1. The Kier molecular flexibility index (Phi) is 5.06. The van der Waals surface area contributed by atoms with Crippen LogP contribution in [0.2, 0.25) is 0 Å². The lowest BCUT2D eigenvalue weighted by Gasteiger charge is -2.33. The molecule has 3 aromatic carbocycles. The van der Waals surface area contributed by atoms with Crippen LogP contribution in [0, 0.1) is 17.7 Å². The highest BCUT2D eigenvalue weighted by Gasteiger charge is 2.69. The van der Waals surface area contributed by atoms with Gasteiger partial charge in [0.25, 0.3) is 0 Å². The summed E-state index contributed by atoms with van der Waals surface area (Å²) in [6, 6.07) is 22.4. The largest absolute Gasteiger partial charge is 0.467 e. The summed E-state index contributed by atoms with van der Waals surface area (Å²) in [6.07, 6.45) is 0. The summed E-state index contributed by atoms with van der Waals surface area (Å²) in [7, 11) is 1.23. The lowest BCUT2D eigenvalue weighted by molar-refractivity contribution is -0.152. The summed E-state index contributed by atoms with van der Waals surface area (Å²) >= 11 is 0. The maximum absolute atomic E-state index is 14.9. The average molecular weight is 444 g/mol. The van der Waals surface area contributed by atoms with Crippen molar-refractivity contribution in [2.75, 3.05) is 12.0 Å². The zero-order chi connectivity index (χ0) is 23.2. The fourth-order valence-electron chi connectivity index (χ4n) is 5.17. The summed E-state index contributed by atoms with van der Waals surface area (Å²) in [5.74, 6) is -4.38. The molecule has 0 bridgehead atoms. The summed E-state index contributed by atoms with van der Waals surface area (Å²) < 4.78 is 20.1. The van der Waals surface area contributed by atoms with Gasteiger partial charge in [0.15, 0.2) is 5.54 Å². The first-order chi connectivity index (χ1) is 16.0. The third kappa shape index (κ3) is 3.00. The molecule has 1 N–H and O–H groups in total. The van der Waals surface area contributed by atoms with Crippen LogP contribution in [-0.4, -0.2) is 24.9 Å². The molecule has 5 rings (SSSR count). The average Bonchev–Trinajstić information content (AvgIpc) is 3.34. The van der Waals surface area contributed by atoms with E-state index in [0.717, 1.165) is 4.90 Å². The standard InChI is InChI=1S/C26H21FN2O4/c1-33-25(32)26(16-10-4-2-5-11-16)21-20(22(28-26)18-14-8-9-15-19(18)27)23(30)29(24(21)31)17-12-6-3-7-13-17/h2-15,20-22,28H,1H3/t20-,21+,22+,26+/m0/s1. The van der Waals surface area contributed by atoms with Crippen molar-refractivity contribution in [3.8, 4) is 0 Å². The molecule has 2 aliphatic rings. The number of nitrogens with one attached hydrogen (secondary N) is 1. The van der Waals surface area contributed by atoms with E-state index in [2.05, 4.69) is 5.32 Å². The molecule has 0 aliphatic carbocycles. The normalized spacial score (nSPS) is 26.4. The smallest absolute Gasteiger partial charge is 0.331 e. The number of nitrogens with zero attached hydrogens (tertiary/aromatic N) is 1. The third-order valence-electron chi connectivity index (χ3n) is 6.55. The van der Waals surface area contributed by atoms with Crippen molar-refractivity contribution in [1.29, 1.82) is 0 Å². The molecule has 2 saturated heterocycles. The number of para-hydroxylation sites is 1. The Bertz CT molecular complexity index is 1230. The number of esters is 1. The highest BCUT2D eigenvalue weighted by Crippen LogP contribution is 2.54. The van der Waals surface area contributed by atoms with Gasteiger partial charge in [-0.1, -0.05) is 66.7 Å². The predicted molar refractivity (Wildman–Crippen MR) is 118 cm³/mol. The fraction of sp³-hybridized carbons (Fsp3) is 0.192. The molecule has 0 unspecified atom stereocenters. The zero-order valence-corrected chi connectivity index (χ0v) is 17.8. The number of imide groups is 1. The molecule has 33 heavy (non-hydrogen) atoms. The molecule has 166 valence electrons. The van der Waals surface area contributed by atoms with Gasteiger partial charge < -0.3 is 4.74 Å². The quantitative estimate of drug-likeness (QED) is 0.494. The van der Waals surface area contributed by atoms with Crippen LogP contribution in [0.1, 0.15) is 17.2 Å². The van der Waals surface area contributed by atoms with Crippen LogP contribution in [0.5, 0.6) is 0 Å². The van der Waals surface area contributed by atoms with Crippen molar-refractivity contribution in [2.24, 2.45) is 11.8 Å². The van der Waals surface area contributed by atoms with Gasteiger partial charge in [-0.15, -0.1) is 0 Å². The molecule has 0 radical (unpaired) electrons. The van der Waals surface area contributed by atoms with E-state index in [1.807, 2.05) is 0 Å². The van der Waals surface area contributed by atoms with Crippen molar-refractivity contribution in [1.82, 2.24) is 5.32 Å². The maximum atomic E-state index is 14.9. The predicted octanol–water partition coefficient (Wildman–Crippen LogP) is 3.34. The van der Waals surface area contributed by atoms with Crippen LogP contribution in [0.25, 0.3) is 0 Å². The van der Waals surface area contributed by atoms with Gasteiger partial charge in [0.1, 0.15) is 5.82 Å². The lowest BCUT2D eigenvalue weighted by atomic mass is 9.75. The monoisotopic (exact) mass is 444 g/mol. The zero-order valence-electron chi connectivity index (χ0n) is 17.8. The second-order valence-corrected chi connectivity index (χ2v) is 8.16. The van der Waals surface area contributed by atoms with Crippen LogP contribution in [0.3, 0.4) is 0 Å². The van der Waals surface area contributed by atoms with E-state index >= 15 is 0 Å². The van der Waals surface area contributed by atoms with Crippen molar-refractivity contribution < 1.29 is 23.5 Å². The number of methoxy groups -OCH3 is 1. The van der Waals surface area contributed by atoms with Gasteiger partial charge in [-0.05, 0) is 23.8 Å². The Balaban J connectivity index is 1.75. The third-order valence-corrected chi connectivity index (χ3v) is 6.55. The highest BCUT2D eigenvalue weighted by molar-refractivity contribution is 6.24. The number of hydrogen-bond acceptors (Lipinski definition) is 5. The first-order valence-corrected chi connectivity index (χ1v) is 10.6. The van der Waals surface area contributed by atoms with Gasteiger partial charge in [0.05, 0.1) is 24.6 Å². The first-order valence-electron chi connectivity index (χ1n) is 10.6. The molecule has 0 aromatic heterocycles. The number of hydrogen-bond donors (Lipinski definition) is 1. The van der Waals surface area contributed by atoms with Crippen LogP contribution in [0.15, 0.2) is 84.9 Å². The van der Waals surface area contributed by atoms with Crippen molar-refractivity contribution in [3.05, 3.63) is 102 Å². The number of carbonyl (C=O) groups excluding carboxylic acids is 3. The summed E-state index contributed by atoms with van der Waals surface area (Å²) in [4.78, 5) is 42.0. The molecule has 2 amide bonds. The molecule has 0 saturated carbocycles. The molecule has 0 spiro atoms. The van der Waals surface area contributed by atoms with E-state index in [1.54, 1.807) is 78.9 Å². The molecule has 6 nitrogen and oxygen atoms in total. The summed E-state index contributed by atoms with van der Waals surface area (Å²) in [6.45, 7) is 0. The lowest BCUT2D eigenvalue weighted by Crippen LogP contribution is -2.53. The summed E-state index contributed by atoms with van der Waals surface area (Å²) in [5.41, 5.74) is -0.572. The van der Waals surface area contributed by atoms with Gasteiger partial charge in [-0.2, -0.15) is 0 Å². The maximum Gasteiger partial charge on any atom is 0.331 e. The van der Waals surface area contributed by atoms with E-state index < -0.39 is 47.0 Å². The highest BCUT2D eigenvalue weighted by atomic mass is 19.1. The van der Waals surface area contributed by atoms with Gasteiger partial charge in [-0.3, -0.25) is 14.9 Å². The molecule has 4 atom stereocenters. The molecule has 2 aliphatic heterocycles. The van der Waals surface area contributed by atoms with Crippen LogP contribution in [-0.2, 0) is 24.7 Å². The number of benzene rings is 3. The SMILES string of the molecule is COC(=O)[C@]1(c2ccccc2)N[C@H](c2ccccc2F)[C@H]2C(=O)N(c3ccccc3)C(=O)[C@@H]21. The van der Waals surface area contributed by atoms with Crippen molar-refractivity contribution in [3.63, 3.8) is 0 Å². The minimum absolute atomic E-state index is 0.213.